The highest BCUT2D eigenvalue weighted by Gasteiger charge is 2.26. The molecule has 0 atom stereocenters. The first-order chi connectivity index (χ1) is 11.7. The second kappa shape index (κ2) is 6.16. The Bertz CT molecular complexity index is 880. The van der Waals surface area contributed by atoms with Crippen LogP contribution in [0, 0.1) is 5.82 Å². The summed E-state index contributed by atoms with van der Waals surface area (Å²) in [5, 5.41) is 2.97. The molecule has 24 heavy (non-hydrogen) atoms. The van der Waals surface area contributed by atoms with Gasteiger partial charge in [-0.25, -0.2) is 14.4 Å². The third kappa shape index (κ3) is 2.82. The van der Waals surface area contributed by atoms with Gasteiger partial charge in [0.15, 0.2) is 0 Å². The van der Waals surface area contributed by atoms with Crippen LogP contribution in [0.4, 0.5) is 10.2 Å². The van der Waals surface area contributed by atoms with Crippen LogP contribution in [0.1, 0.15) is 5.56 Å². The van der Waals surface area contributed by atoms with Crippen LogP contribution in [0.2, 0.25) is 0 Å². The molecule has 1 aliphatic heterocycles. The highest BCUT2D eigenvalue weighted by atomic mass is 32.1. The predicted octanol–water partition coefficient (Wildman–Crippen LogP) is 2.68. The Morgan fingerprint density at radius 1 is 1.12 bits per heavy atom. The molecule has 0 radical (unpaired) electrons. The highest BCUT2D eigenvalue weighted by molar-refractivity contribution is 7.16. The molecule has 1 aromatic carbocycles. The number of benzene rings is 1. The first-order valence-corrected chi connectivity index (χ1v) is 8.54. The Labute approximate surface area is 142 Å². The van der Waals surface area contributed by atoms with Gasteiger partial charge in [0, 0.05) is 19.6 Å². The molecular formula is C17H15FN4OS. The van der Waals surface area contributed by atoms with E-state index in [1.165, 1.54) is 12.1 Å². The maximum absolute atomic E-state index is 13.0. The van der Waals surface area contributed by atoms with Crippen molar-refractivity contribution in [3.8, 4) is 0 Å². The number of hydrogen-bond donors (Lipinski definition) is 0. The van der Waals surface area contributed by atoms with Crippen molar-refractivity contribution in [3.63, 3.8) is 0 Å². The standard InChI is InChI=1S/C17H15FN4OS/c18-13-3-1-12(2-4-13)9-21-6-7-22(10-15(21)23)16-14-5-8-24-17(14)20-11-19-16/h1-5,8,11H,6-7,9-10H2. The van der Waals surface area contributed by atoms with Crippen molar-refractivity contribution in [2.75, 3.05) is 24.5 Å². The molecule has 1 fully saturated rings. The van der Waals surface area contributed by atoms with Gasteiger partial charge in [-0.2, -0.15) is 0 Å². The van der Waals surface area contributed by atoms with E-state index in [2.05, 4.69) is 9.97 Å². The average molecular weight is 342 g/mol. The van der Waals surface area contributed by atoms with Crippen molar-refractivity contribution < 1.29 is 9.18 Å². The van der Waals surface area contributed by atoms with Gasteiger partial charge in [-0.05, 0) is 29.1 Å². The fraction of sp³-hybridized carbons (Fsp3) is 0.235. The maximum Gasteiger partial charge on any atom is 0.242 e. The van der Waals surface area contributed by atoms with Crippen LogP contribution in [0.3, 0.4) is 0 Å². The van der Waals surface area contributed by atoms with Crippen molar-refractivity contribution in [1.82, 2.24) is 14.9 Å². The van der Waals surface area contributed by atoms with E-state index < -0.39 is 0 Å². The molecule has 2 aromatic heterocycles. The largest absolute Gasteiger partial charge is 0.345 e. The molecule has 122 valence electrons. The van der Waals surface area contributed by atoms with Gasteiger partial charge < -0.3 is 9.80 Å². The summed E-state index contributed by atoms with van der Waals surface area (Å²) in [5.74, 6) is 0.599. The predicted molar refractivity (Wildman–Crippen MR) is 91.4 cm³/mol. The van der Waals surface area contributed by atoms with E-state index in [0.717, 1.165) is 28.1 Å². The molecule has 1 saturated heterocycles. The summed E-state index contributed by atoms with van der Waals surface area (Å²) in [7, 11) is 0. The number of fused-ring (bicyclic) bond motifs is 1. The fourth-order valence-corrected chi connectivity index (χ4v) is 3.62. The monoisotopic (exact) mass is 342 g/mol. The summed E-state index contributed by atoms with van der Waals surface area (Å²) in [4.78, 5) is 25.8. The number of amides is 1. The number of aromatic nitrogens is 2. The smallest absolute Gasteiger partial charge is 0.242 e. The van der Waals surface area contributed by atoms with Crippen LogP contribution in [0.5, 0.6) is 0 Å². The molecule has 0 saturated carbocycles. The summed E-state index contributed by atoms with van der Waals surface area (Å²) in [5.41, 5.74) is 0.931. The van der Waals surface area contributed by atoms with E-state index in [4.69, 9.17) is 0 Å². The van der Waals surface area contributed by atoms with E-state index in [0.29, 0.717) is 19.6 Å². The van der Waals surface area contributed by atoms with Gasteiger partial charge in [0.25, 0.3) is 0 Å². The van der Waals surface area contributed by atoms with Crippen molar-refractivity contribution in [2.24, 2.45) is 0 Å². The van der Waals surface area contributed by atoms with Crippen LogP contribution in [0.15, 0.2) is 42.0 Å². The van der Waals surface area contributed by atoms with Crippen LogP contribution in [0.25, 0.3) is 10.2 Å². The summed E-state index contributed by atoms with van der Waals surface area (Å²) in [6.07, 6.45) is 1.55. The lowest BCUT2D eigenvalue weighted by Crippen LogP contribution is -2.50. The molecule has 4 rings (SSSR count). The fourth-order valence-electron chi connectivity index (χ4n) is 2.90. The van der Waals surface area contributed by atoms with Crippen LogP contribution in [-0.4, -0.2) is 40.4 Å². The Balaban J connectivity index is 1.49. The minimum atomic E-state index is -0.265. The van der Waals surface area contributed by atoms with Crippen molar-refractivity contribution in [2.45, 2.75) is 6.54 Å². The van der Waals surface area contributed by atoms with E-state index in [9.17, 15) is 9.18 Å². The normalized spacial score (nSPS) is 15.3. The van der Waals surface area contributed by atoms with Crippen molar-refractivity contribution in [3.05, 3.63) is 53.4 Å². The lowest BCUT2D eigenvalue weighted by atomic mass is 10.2. The third-order valence-corrected chi connectivity index (χ3v) is 4.97. The lowest BCUT2D eigenvalue weighted by Gasteiger charge is -2.35. The molecular weight excluding hydrogens is 327 g/mol. The number of carbonyl (C=O) groups excluding carboxylic acids is 1. The molecule has 7 heteroatoms. The van der Waals surface area contributed by atoms with Gasteiger partial charge in [0.2, 0.25) is 5.91 Å². The number of rotatable bonds is 3. The molecule has 0 N–H and O–H groups in total. The van der Waals surface area contributed by atoms with Gasteiger partial charge in [0.05, 0.1) is 11.9 Å². The molecule has 1 amide bonds. The topological polar surface area (TPSA) is 49.3 Å². The van der Waals surface area contributed by atoms with Crippen molar-refractivity contribution >= 4 is 33.3 Å². The summed E-state index contributed by atoms with van der Waals surface area (Å²) >= 11 is 1.57. The first kappa shape index (κ1) is 15.0. The Hall–Kier alpha value is -2.54. The zero-order valence-electron chi connectivity index (χ0n) is 12.9. The summed E-state index contributed by atoms with van der Waals surface area (Å²) < 4.78 is 13.0. The van der Waals surface area contributed by atoms with Gasteiger partial charge in [-0.15, -0.1) is 11.3 Å². The van der Waals surface area contributed by atoms with E-state index >= 15 is 0 Å². The van der Waals surface area contributed by atoms with E-state index in [1.54, 1.807) is 34.7 Å². The number of piperazine rings is 1. The van der Waals surface area contributed by atoms with Gasteiger partial charge in [0.1, 0.15) is 22.8 Å². The maximum atomic E-state index is 13.0. The number of thiophene rings is 1. The molecule has 0 spiro atoms. The Kier molecular flexibility index (Phi) is 3.86. The number of hydrogen-bond acceptors (Lipinski definition) is 5. The highest BCUT2D eigenvalue weighted by Crippen LogP contribution is 2.27. The van der Waals surface area contributed by atoms with E-state index in [1.807, 2.05) is 16.3 Å². The van der Waals surface area contributed by atoms with Gasteiger partial charge in [-0.3, -0.25) is 4.79 Å². The molecule has 3 aromatic rings. The zero-order valence-corrected chi connectivity index (χ0v) is 13.7. The number of anilines is 1. The average Bonchev–Trinajstić information content (AvgIpc) is 3.07. The molecule has 0 unspecified atom stereocenters. The first-order valence-electron chi connectivity index (χ1n) is 7.66. The summed E-state index contributed by atoms with van der Waals surface area (Å²) in [6.45, 7) is 2.13. The third-order valence-electron chi connectivity index (χ3n) is 4.15. The van der Waals surface area contributed by atoms with Gasteiger partial charge in [-0.1, -0.05) is 12.1 Å². The Morgan fingerprint density at radius 3 is 2.75 bits per heavy atom. The van der Waals surface area contributed by atoms with Crippen molar-refractivity contribution in [1.29, 1.82) is 0 Å². The molecule has 0 aliphatic carbocycles. The number of carbonyl (C=O) groups is 1. The zero-order chi connectivity index (χ0) is 16.5. The van der Waals surface area contributed by atoms with E-state index in [-0.39, 0.29) is 11.7 Å². The van der Waals surface area contributed by atoms with Gasteiger partial charge >= 0.3 is 0 Å². The molecule has 5 nitrogen and oxygen atoms in total. The number of nitrogens with zero attached hydrogens (tertiary/aromatic N) is 4. The number of halogens is 1. The quantitative estimate of drug-likeness (QED) is 0.734. The SMILES string of the molecule is O=C1CN(c2ncnc3sccc23)CCN1Cc1ccc(F)cc1. The minimum Gasteiger partial charge on any atom is -0.345 e. The summed E-state index contributed by atoms with van der Waals surface area (Å²) in [6, 6.07) is 8.27. The molecule has 3 heterocycles. The molecule has 1 aliphatic rings. The minimum absolute atomic E-state index is 0.0487. The second-order valence-electron chi connectivity index (χ2n) is 5.70. The van der Waals surface area contributed by atoms with Crippen LogP contribution < -0.4 is 4.90 Å². The van der Waals surface area contributed by atoms with Crippen LogP contribution in [-0.2, 0) is 11.3 Å². The molecule has 0 bridgehead atoms. The second-order valence-corrected chi connectivity index (χ2v) is 6.59. The Morgan fingerprint density at radius 2 is 1.96 bits per heavy atom. The van der Waals surface area contributed by atoms with Crippen LogP contribution >= 0.6 is 11.3 Å². The lowest BCUT2D eigenvalue weighted by molar-refractivity contribution is -0.131.